The van der Waals surface area contributed by atoms with Crippen LogP contribution in [0.3, 0.4) is 0 Å². The van der Waals surface area contributed by atoms with Gasteiger partial charge >= 0.3 is 0 Å². The van der Waals surface area contributed by atoms with Crippen LogP contribution in [0.15, 0.2) is 40.6 Å². The van der Waals surface area contributed by atoms with Gasteiger partial charge in [-0.1, -0.05) is 17.8 Å². The lowest BCUT2D eigenvalue weighted by Crippen LogP contribution is -2.44. The van der Waals surface area contributed by atoms with E-state index in [1.165, 1.54) is 11.3 Å². The van der Waals surface area contributed by atoms with E-state index in [-0.39, 0.29) is 10.2 Å². The predicted octanol–water partition coefficient (Wildman–Crippen LogP) is 3.31. The van der Waals surface area contributed by atoms with E-state index >= 15 is 0 Å². The van der Waals surface area contributed by atoms with Crippen molar-refractivity contribution in [3.8, 4) is 11.5 Å². The second-order valence-electron chi connectivity index (χ2n) is 5.04. The standard InChI is InChI=1S/C17H14N2O4S3/c1-22-11-5-6-12(23-2)10(8-11)9-14-16(21)19(17(24)26-14)18-15(20)13-4-3-7-25-13/h3-9H,1-2H3,(H,18,20)/b14-9-. The van der Waals surface area contributed by atoms with Crippen molar-refractivity contribution < 1.29 is 19.1 Å². The summed E-state index contributed by atoms with van der Waals surface area (Å²) in [4.78, 5) is 25.7. The molecule has 2 heterocycles. The van der Waals surface area contributed by atoms with Crippen molar-refractivity contribution in [2.45, 2.75) is 0 Å². The molecule has 1 aliphatic heterocycles. The topological polar surface area (TPSA) is 67.9 Å². The van der Waals surface area contributed by atoms with E-state index in [4.69, 9.17) is 21.7 Å². The number of carbonyl (C=O) groups excluding carboxylic acids is 2. The number of hydrogen-bond acceptors (Lipinski definition) is 7. The Bertz CT molecular complexity index is 893. The summed E-state index contributed by atoms with van der Waals surface area (Å²) in [5.41, 5.74) is 3.22. The molecule has 0 saturated carbocycles. The van der Waals surface area contributed by atoms with Gasteiger partial charge in [-0.05, 0) is 47.9 Å². The number of amides is 2. The highest BCUT2D eigenvalue weighted by Crippen LogP contribution is 2.34. The minimum Gasteiger partial charge on any atom is -0.497 e. The fourth-order valence-corrected chi connectivity index (χ4v) is 4.01. The Kier molecular flexibility index (Phi) is 5.60. The minimum absolute atomic E-state index is 0.257. The van der Waals surface area contributed by atoms with Crippen molar-refractivity contribution in [1.82, 2.24) is 10.4 Å². The Labute approximate surface area is 163 Å². The fourth-order valence-electron chi connectivity index (χ4n) is 2.22. The number of carbonyl (C=O) groups is 2. The summed E-state index contributed by atoms with van der Waals surface area (Å²) < 4.78 is 10.8. The maximum Gasteiger partial charge on any atom is 0.285 e. The number of rotatable bonds is 5. The van der Waals surface area contributed by atoms with Crippen LogP contribution in [0.4, 0.5) is 0 Å². The average molecular weight is 407 g/mol. The van der Waals surface area contributed by atoms with Gasteiger partial charge < -0.3 is 9.47 Å². The van der Waals surface area contributed by atoms with Crippen LogP contribution in [0.2, 0.25) is 0 Å². The molecule has 0 aliphatic carbocycles. The van der Waals surface area contributed by atoms with Crippen LogP contribution in [0.25, 0.3) is 6.08 Å². The molecule has 0 spiro atoms. The third-order valence-corrected chi connectivity index (χ3v) is 5.65. The highest BCUT2D eigenvalue weighted by atomic mass is 32.2. The van der Waals surface area contributed by atoms with Crippen LogP contribution in [-0.4, -0.2) is 35.4 Å². The molecule has 0 unspecified atom stereocenters. The first-order valence-corrected chi connectivity index (χ1v) is 9.48. The van der Waals surface area contributed by atoms with Crippen molar-refractivity contribution >= 4 is 57.5 Å². The first kappa shape index (κ1) is 18.4. The summed E-state index contributed by atoms with van der Waals surface area (Å²) in [5, 5.41) is 2.87. The van der Waals surface area contributed by atoms with Gasteiger partial charge in [-0.3, -0.25) is 15.0 Å². The van der Waals surface area contributed by atoms with E-state index in [0.717, 1.165) is 16.8 Å². The van der Waals surface area contributed by atoms with E-state index in [9.17, 15) is 9.59 Å². The number of thioether (sulfide) groups is 1. The number of thiophene rings is 1. The lowest BCUT2D eigenvalue weighted by Gasteiger charge is -2.14. The molecule has 6 nitrogen and oxygen atoms in total. The van der Waals surface area contributed by atoms with Gasteiger partial charge in [-0.2, -0.15) is 5.01 Å². The third-order valence-electron chi connectivity index (χ3n) is 3.48. The van der Waals surface area contributed by atoms with E-state index in [2.05, 4.69) is 5.43 Å². The van der Waals surface area contributed by atoms with Crippen molar-refractivity contribution in [2.24, 2.45) is 0 Å². The second-order valence-corrected chi connectivity index (χ2v) is 7.67. The van der Waals surface area contributed by atoms with Crippen molar-refractivity contribution in [3.05, 3.63) is 51.1 Å². The predicted molar refractivity (Wildman–Crippen MR) is 106 cm³/mol. The zero-order valence-corrected chi connectivity index (χ0v) is 16.3. The first-order valence-electron chi connectivity index (χ1n) is 7.38. The van der Waals surface area contributed by atoms with E-state index in [1.54, 1.807) is 56.0 Å². The smallest absolute Gasteiger partial charge is 0.285 e. The number of benzene rings is 1. The Morgan fingerprint density at radius 1 is 1.27 bits per heavy atom. The van der Waals surface area contributed by atoms with Gasteiger partial charge in [0.2, 0.25) is 0 Å². The molecule has 9 heteroatoms. The molecule has 1 aromatic heterocycles. The fraction of sp³-hybridized carbons (Fsp3) is 0.118. The second kappa shape index (κ2) is 7.90. The van der Waals surface area contributed by atoms with Gasteiger partial charge in [0.1, 0.15) is 11.5 Å². The highest BCUT2D eigenvalue weighted by Gasteiger charge is 2.34. The summed E-state index contributed by atoms with van der Waals surface area (Å²) >= 11 is 7.62. The SMILES string of the molecule is COc1ccc(OC)c(/C=C2\SC(=S)N(NC(=O)c3cccs3)C2=O)c1. The Morgan fingerprint density at radius 2 is 2.08 bits per heavy atom. The molecule has 1 fully saturated rings. The summed E-state index contributed by atoms with van der Waals surface area (Å²) in [6.45, 7) is 0. The van der Waals surface area contributed by atoms with Crippen molar-refractivity contribution in [1.29, 1.82) is 0 Å². The number of hydrogen-bond donors (Lipinski definition) is 1. The summed E-state index contributed by atoms with van der Waals surface area (Å²) in [7, 11) is 3.11. The van der Waals surface area contributed by atoms with E-state index in [1.807, 2.05) is 0 Å². The number of thiocarbonyl (C=S) groups is 1. The summed E-state index contributed by atoms with van der Waals surface area (Å²) in [5.74, 6) is 0.462. The third kappa shape index (κ3) is 3.74. The number of ether oxygens (including phenoxy) is 2. The molecule has 1 saturated heterocycles. The molecule has 134 valence electrons. The Morgan fingerprint density at radius 3 is 2.73 bits per heavy atom. The van der Waals surface area contributed by atoms with Crippen LogP contribution in [0.1, 0.15) is 15.2 Å². The molecule has 0 atom stereocenters. The lowest BCUT2D eigenvalue weighted by atomic mass is 10.1. The molecule has 3 rings (SSSR count). The van der Waals surface area contributed by atoms with E-state index < -0.39 is 5.91 Å². The number of nitrogens with one attached hydrogen (secondary N) is 1. The molecule has 0 radical (unpaired) electrons. The molecule has 1 aliphatic rings. The molecule has 1 aromatic carbocycles. The maximum atomic E-state index is 12.6. The quantitative estimate of drug-likeness (QED) is 0.607. The Hall–Kier alpha value is -2.36. The highest BCUT2D eigenvalue weighted by molar-refractivity contribution is 8.26. The van der Waals surface area contributed by atoms with Crippen molar-refractivity contribution in [3.63, 3.8) is 0 Å². The molecule has 2 amide bonds. The zero-order chi connectivity index (χ0) is 18.7. The largest absolute Gasteiger partial charge is 0.497 e. The summed E-state index contributed by atoms with van der Waals surface area (Å²) in [6, 6.07) is 8.72. The number of nitrogens with zero attached hydrogens (tertiary/aromatic N) is 1. The monoisotopic (exact) mass is 406 g/mol. The van der Waals surface area contributed by atoms with Crippen LogP contribution in [-0.2, 0) is 4.79 Å². The van der Waals surface area contributed by atoms with Gasteiger partial charge in [0.25, 0.3) is 11.8 Å². The average Bonchev–Trinajstić information content (AvgIpc) is 3.26. The van der Waals surface area contributed by atoms with Crippen LogP contribution < -0.4 is 14.9 Å². The maximum absolute atomic E-state index is 12.6. The first-order chi connectivity index (χ1) is 12.5. The minimum atomic E-state index is -0.394. The zero-order valence-electron chi connectivity index (χ0n) is 13.8. The number of methoxy groups -OCH3 is 2. The lowest BCUT2D eigenvalue weighted by molar-refractivity contribution is -0.123. The normalized spacial score (nSPS) is 15.5. The molecular weight excluding hydrogens is 392 g/mol. The van der Waals surface area contributed by atoms with Crippen LogP contribution in [0, 0.1) is 0 Å². The number of hydrazine groups is 1. The molecule has 0 bridgehead atoms. The molecule has 2 aromatic rings. The van der Waals surface area contributed by atoms with E-state index in [0.29, 0.717) is 26.8 Å². The van der Waals surface area contributed by atoms with Gasteiger partial charge in [-0.25, -0.2) is 0 Å². The molecular formula is C17H14N2O4S3. The van der Waals surface area contributed by atoms with Crippen molar-refractivity contribution in [2.75, 3.05) is 14.2 Å². The van der Waals surface area contributed by atoms with Gasteiger partial charge in [0.15, 0.2) is 4.32 Å². The van der Waals surface area contributed by atoms with Gasteiger partial charge in [-0.15, -0.1) is 11.3 Å². The Balaban J connectivity index is 1.84. The molecule has 1 N–H and O–H groups in total. The summed E-state index contributed by atoms with van der Waals surface area (Å²) in [6.07, 6.45) is 1.66. The van der Waals surface area contributed by atoms with Crippen LogP contribution in [0.5, 0.6) is 11.5 Å². The molecule has 26 heavy (non-hydrogen) atoms. The van der Waals surface area contributed by atoms with Gasteiger partial charge in [0, 0.05) is 5.56 Å². The van der Waals surface area contributed by atoms with Gasteiger partial charge in [0.05, 0.1) is 24.0 Å². The van der Waals surface area contributed by atoms with Crippen LogP contribution >= 0.6 is 35.3 Å².